The highest BCUT2D eigenvalue weighted by molar-refractivity contribution is 5.93. The van der Waals surface area contributed by atoms with Crippen molar-refractivity contribution in [3.05, 3.63) is 29.8 Å². The Morgan fingerprint density at radius 2 is 2.00 bits per heavy atom. The molecule has 1 N–H and O–H groups in total. The first-order chi connectivity index (χ1) is 7.81. The number of amides is 1. The second-order valence-corrected chi connectivity index (χ2v) is 4.48. The number of hydrogen-bond donors (Lipinski definition) is 1. The number of para-hydroxylation sites is 1. The standard InChI is InChI=1S/C14H19NO/c1-2-11-7-5-6-10-13(11)15-14(16)12-8-3-4-9-12/h5-7,10,12H,2-4,8-9H2,1H3,(H,15,16). The predicted octanol–water partition coefficient (Wildman–Crippen LogP) is 3.38. The maximum absolute atomic E-state index is 12.0. The summed E-state index contributed by atoms with van der Waals surface area (Å²) in [5.41, 5.74) is 2.20. The summed E-state index contributed by atoms with van der Waals surface area (Å²) in [6.45, 7) is 2.11. The van der Waals surface area contributed by atoms with Gasteiger partial charge in [0.25, 0.3) is 0 Å². The third kappa shape index (κ3) is 2.43. The minimum Gasteiger partial charge on any atom is -0.326 e. The van der Waals surface area contributed by atoms with Gasteiger partial charge in [-0.05, 0) is 30.9 Å². The van der Waals surface area contributed by atoms with Crippen molar-refractivity contribution in [3.63, 3.8) is 0 Å². The summed E-state index contributed by atoms with van der Waals surface area (Å²) < 4.78 is 0. The Morgan fingerprint density at radius 1 is 1.31 bits per heavy atom. The molecular weight excluding hydrogens is 198 g/mol. The van der Waals surface area contributed by atoms with Crippen LogP contribution in [-0.2, 0) is 11.2 Å². The highest BCUT2D eigenvalue weighted by atomic mass is 16.1. The van der Waals surface area contributed by atoms with E-state index < -0.39 is 0 Å². The summed E-state index contributed by atoms with van der Waals surface area (Å²) in [4.78, 5) is 12.0. The summed E-state index contributed by atoms with van der Waals surface area (Å²) in [6.07, 6.45) is 5.47. The number of carbonyl (C=O) groups is 1. The van der Waals surface area contributed by atoms with Crippen LogP contribution in [0.25, 0.3) is 0 Å². The van der Waals surface area contributed by atoms with E-state index in [4.69, 9.17) is 0 Å². The molecule has 1 amide bonds. The van der Waals surface area contributed by atoms with E-state index in [0.29, 0.717) is 0 Å². The second-order valence-electron chi connectivity index (χ2n) is 4.48. The molecule has 0 aromatic heterocycles. The molecule has 86 valence electrons. The van der Waals surface area contributed by atoms with Gasteiger partial charge < -0.3 is 5.32 Å². The van der Waals surface area contributed by atoms with Crippen molar-refractivity contribution < 1.29 is 4.79 Å². The molecule has 2 rings (SSSR count). The Morgan fingerprint density at radius 3 is 2.69 bits per heavy atom. The maximum atomic E-state index is 12.0. The molecule has 0 bridgehead atoms. The average molecular weight is 217 g/mol. The predicted molar refractivity (Wildman–Crippen MR) is 66.4 cm³/mol. The Bertz CT molecular complexity index is 367. The number of anilines is 1. The zero-order valence-corrected chi connectivity index (χ0v) is 9.83. The van der Waals surface area contributed by atoms with Gasteiger partial charge >= 0.3 is 0 Å². The van der Waals surface area contributed by atoms with Crippen LogP contribution in [-0.4, -0.2) is 5.91 Å². The molecule has 1 aliphatic rings. The Hall–Kier alpha value is -1.31. The number of carbonyl (C=O) groups excluding carboxylic acids is 1. The van der Waals surface area contributed by atoms with Crippen molar-refractivity contribution in [3.8, 4) is 0 Å². The molecule has 2 nitrogen and oxygen atoms in total. The van der Waals surface area contributed by atoms with Crippen LogP contribution in [0.15, 0.2) is 24.3 Å². The van der Waals surface area contributed by atoms with E-state index in [0.717, 1.165) is 24.9 Å². The Labute approximate surface area is 97.1 Å². The monoisotopic (exact) mass is 217 g/mol. The van der Waals surface area contributed by atoms with Crippen molar-refractivity contribution in [1.82, 2.24) is 0 Å². The van der Waals surface area contributed by atoms with Crippen LogP contribution in [0.5, 0.6) is 0 Å². The van der Waals surface area contributed by atoms with E-state index in [1.54, 1.807) is 0 Å². The van der Waals surface area contributed by atoms with Crippen LogP contribution in [0, 0.1) is 5.92 Å². The normalized spacial score (nSPS) is 16.3. The largest absolute Gasteiger partial charge is 0.326 e. The summed E-state index contributed by atoms with van der Waals surface area (Å²) in [7, 11) is 0. The van der Waals surface area contributed by atoms with Gasteiger partial charge in [0.2, 0.25) is 5.91 Å². The van der Waals surface area contributed by atoms with Gasteiger partial charge in [0, 0.05) is 11.6 Å². The number of rotatable bonds is 3. The SMILES string of the molecule is CCc1ccccc1NC(=O)C1CCCC1. The molecule has 2 heteroatoms. The van der Waals surface area contributed by atoms with Crippen molar-refractivity contribution >= 4 is 11.6 Å². The summed E-state index contributed by atoms with van der Waals surface area (Å²) in [5.74, 6) is 0.448. The fourth-order valence-corrected chi connectivity index (χ4v) is 2.37. The fourth-order valence-electron chi connectivity index (χ4n) is 2.37. The van der Waals surface area contributed by atoms with Crippen molar-refractivity contribution in [2.24, 2.45) is 5.92 Å². The molecule has 0 radical (unpaired) electrons. The highest BCUT2D eigenvalue weighted by Gasteiger charge is 2.22. The zero-order chi connectivity index (χ0) is 11.4. The van der Waals surface area contributed by atoms with Crippen LogP contribution < -0.4 is 5.32 Å². The van der Waals surface area contributed by atoms with Gasteiger partial charge in [0.1, 0.15) is 0 Å². The van der Waals surface area contributed by atoms with Crippen LogP contribution in [0.1, 0.15) is 38.2 Å². The molecule has 0 unspecified atom stereocenters. The van der Waals surface area contributed by atoms with Crippen molar-refractivity contribution in [2.75, 3.05) is 5.32 Å². The van der Waals surface area contributed by atoms with Crippen LogP contribution in [0.3, 0.4) is 0 Å². The fraction of sp³-hybridized carbons (Fsp3) is 0.500. The van der Waals surface area contributed by atoms with Gasteiger partial charge in [-0.15, -0.1) is 0 Å². The first-order valence-corrected chi connectivity index (χ1v) is 6.20. The summed E-state index contributed by atoms with van der Waals surface area (Å²) in [5, 5.41) is 3.06. The van der Waals surface area contributed by atoms with Gasteiger partial charge in [0.05, 0.1) is 0 Å². The highest BCUT2D eigenvalue weighted by Crippen LogP contribution is 2.26. The number of aryl methyl sites for hydroxylation is 1. The molecule has 1 aromatic carbocycles. The van der Waals surface area contributed by atoms with E-state index in [1.165, 1.54) is 18.4 Å². The molecule has 1 fully saturated rings. The van der Waals surface area contributed by atoms with Crippen molar-refractivity contribution in [1.29, 1.82) is 0 Å². The summed E-state index contributed by atoms with van der Waals surface area (Å²) >= 11 is 0. The smallest absolute Gasteiger partial charge is 0.227 e. The van der Waals surface area contributed by atoms with Crippen molar-refractivity contribution in [2.45, 2.75) is 39.0 Å². The minimum absolute atomic E-state index is 0.207. The van der Waals surface area contributed by atoms with E-state index in [-0.39, 0.29) is 11.8 Å². The molecule has 0 atom stereocenters. The Balaban J connectivity index is 2.05. The third-order valence-electron chi connectivity index (χ3n) is 3.38. The molecule has 0 saturated heterocycles. The van der Waals surface area contributed by atoms with Gasteiger partial charge in [-0.25, -0.2) is 0 Å². The zero-order valence-electron chi connectivity index (χ0n) is 9.83. The molecule has 16 heavy (non-hydrogen) atoms. The van der Waals surface area contributed by atoms with E-state index in [9.17, 15) is 4.79 Å². The number of hydrogen-bond acceptors (Lipinski definition) is 1. The molecule has 1 aromatic rings. The number of nitrogens with one attached hydrogen (secondary N) is 1. The molecule has 0 heterocycles. The molecule has 0 aliphatic heterocycles. The van der Waals surface area contributed by atoms with Crippen LogP contribution in [0.4, 0.5) is 5.69 Å². The van der Waals surface area contributed by atoms with Gasteiger partial charge in [0.15, 0.2) is 0 Å². The lowest BCUT2D eigenvalue weighted by molar-refractivity contribution is -0.119. The molecular formula is C14H19NO. The lowest BCUT2D eigenvalue weighted by Gasteiger charge is -2.13. The number of benzene rings is 1. The molecule has 1 saturated carbocycles. The second kappa shape index (κ2) is 5.15. The van der Waals surface area contributed by atoms with E-state index in [1.807, 2.05) is 18.2 Å². The van der Waals surface area contributed by atoms with E-state index in [2.05, 4.69) is 18.3 Å². The maximum Gasteiger partial charge on any atom is 0.227 e. The van der Waals surface area contributed by atoms with Crippen LogP contribution >= 0.6 is 0 Å². The first-order valence-electron chi connectivity index (χ1n) is 6.20. The molecule has 1 aliphatic carbocycles. The van der Waals surface area contributed by atoms with E-state index >= 15 is 0 Å². The molecule has 0 spiro atoms. The average Bonchev–Trinajstić information content (AvgIpc) is 2.83. The van der Waals surface area contributed by atoms with Gasteiger partial charge in [-0.1, -0.05) is 38.0 Å². The first kappa shape index (κ1) is 11.2. The lowest BCUT2D eigenvalue weighted by atomic mass is 10.1. The third-order valence-corrected chi connectivity index (χ3v) is 3.38. The Kier molecular flexibility index (Phi) is 3.60. The summed E-state index contributed by atoms with van der Waals surface area (Å²) in [6, 6.07) is 8.06. The quantitative estimate of drug-likeness (QED) is 0.826. The minimum atomic E-state index is 0.207. The lowest BCUT2D eigenvalue weighted by Crippen LogP contribution is -2.20. The topological polar surface area (TPSA) is 29.1 Å². The van der Waals surface area contributed by atoms with Crippen LogP contribution in [0.2, 0.25) is 0 Å². The van der Waals surface area contributed by atoms with Gasteiger partial charge in [-0.3, -0.25) is 4.79 Å². The van der Waals surface area contributed by atoms with Gasteiger partial charge in [-0.2, -0.15) is 0 Å².